The summed E-state index contributed by atoms with van der Waals surface area (Å²) in [7, 11) is 0. The molecule has 0 radical (unpaired) electrons. The van der Waals surface area contributed by atoms with Gasteiger partial charge in [-0.2, -0.15) is 0 Å². The highest BCUT2D eigenvalue weighted by atomic mass is 19.1. The van der Waals surface area contributed by atoms with Gasteiger partial charge in [0.05, 0.1) is 0 Å². The Bertz CT molecular complexity index is 304. The molecule has 0 saturated carbocycles. The molecule has 0 aliphatic carbocycles. The quantitative estimate of drug-likeness (QED) is 0.754. The summed E-state index contributed by atoms with van der Waals surface area (Å²) in [5.41, 5.74) is 0. The van der Waals surface area contributed by atoms with Crippen LogP contribution >= 0.6 is 0 Å². The highest BCUT2D eigenvalue weighted by Crippen LogP contribution is 2.10. The number of nitrogens with zero attached hydrogens (tertiary/aromatic N) is 1. The van der Waals surface area contributed by atoms with Crippen molar-refractivity contribution in [3.63, 3.8) is 0 Å². The van der Waals surface area contributed by atoms with Gasteiger partial charge in [0, 0.05) is 12.7 Å². The van der Waals surface area contributed by atoms with Crippen LogP contribution in [-0.2, 0) is 0 Å². The Morgan fingerprint density at radius 1 is 1.77 bits per heavy atom. The first kappa shape index (κ1) is 9.44. The minimum atomic E-state index is -0.708. The van der Waals surface area contributed by atoms with Crippen molar-refractivity contribution in [2.75, 3.05) is 6.54 Å². The van der Waals surface area contributed by atoms with Crippen LogP contribution in [0.5, 0.6) is 5.88 Å². The Morgan fingerprint density at radius 3 is 3.15 bits per heavy atom. The lowest BCUT2D eigenvalue weighted by Gasteiger charge is -2.03. The van der Waals surface area contributed by atoms with Gasteiger partial charge in [0.2, 0.25) is 0 Å². The molecule has 13 heavy (non-hydrogen) atoms. The molecule has 1 aromatic heterocycles. The number of carbonyl (C=O) groups is 1. The van der Waals surface area contributed by atoms with E-state index in [-0.39, 0.29) is 5.88 Å². The molecule has 0 saturated heterocycles. The Balaban J connectivity index is 2.63. The van der Waals surface area contributed by atoms with Gasteiger partial charge in [-0.1, -0.05) is 0 Å². The van der Waals surface area contributed by atoms with Crippen molar-refractivity contribution >= 4 is 6.09 Å². The molecule has 0 bridgehead atoms. The molecule has 0 atom stereocenters. The number of rotatable bonds is 2. The van der Waals surface area contributed by atoms with E-state index in [0.717, 1.165) is 0 Å². The SMILES string of the molecule is CCNC(=O)Oc1ncccc1F. The predicted molar refractivity (Wildman–Crippen MR) is 43.9 cm³/mol. The van der Waals surface area contributed by atoms with E-state index in [1.165, 1.54) is 18.3 Å². The van der Waals surface area contributed by atoms with Crippen molar-refractivity contribution in [3.05, 3.63) is 24.1 Å². The topological polar surface area (TPSA) is 51.2 Å². The number of carbonyl (C=O) groups excluding carboxylic acids is 1. The molecule has 1 N–H and O–H groups in total. The fraction of sp³-hybridized carbons (Fsp3) is 0.250. The Kier molecular flexibility index (Phi) is 3.19. The van der Waals surface area contributed by atoms with Crippen LogP contribution in [0.2, 0.25) is 0 Å². The Morgan fingerprint density at radius 2 is 2.54 bits per heavy atom. The molecule has 0 fully saturated rings. The second-order valence-corrected chi connectivity index (χ2v) is 2.21. The normalized spacial score (nSPS) is 9.38. The highest BCUT2D eigenvalue weighted by Gasteiger charge is 2.07. The van der Waals surface area contributed by atoms with Crippen molar-refractivity contribution in [1.29, 1.82) is 0 Å². The number of hydrogen-bond donors (Lipinski definition) is 1. The minimum absolute atomic E-state index is 0.312. The largest absolute Gasteiger partial charge is 0.414 e. The van der Waals surface area contributed by atoms with E-state index in [0.29, 0.717) is 6.54 Å². The molecule has 0 spiro atoms. The van der Waals surface area contributed by atoms with Crippen LogP contribution in [0, 0.1) is 5.82 Å². The van der Waals surface area contributed by atoms with Crippen molar-refractivity contribution in [1.82, 2.24) is 10.3 Å². The summed E-state index contributed by atoms with van der Waals surface area (Å²) >= 11 is 0. The Labute approximate surface area is 74.7 Å². The summed E-state index contributed by atoms with van der Waals surface area (Å²) in [6.07, 6.45) is 0.637. The number of ether oxygens (including phenoxy) is 1. The molecular formula is C8H9FN2O2. The average Bonchev–Trinajstić information content (AvgIpc) is 2.09. The highest BCUT2D eigenvalue weighted by molar-refractivity contribution is 5.69. The third-order valence-corrected chi connectivity index (χ3v) is 1.24. The first-order valence-corrected chi connectivity index (χ1v) is 3.80. The lowest BCUT2D eigenvalue weighted by molar-refractivity contribution is 0.197. The summed E-state index contributed by atoms with van der Waals surface area (Å²) < 4.78 is 17.4. The van der Waals surface area contributed by atoms with E-state index in [4.69, 9.17) is 0 Å². The minimum Gasteiger partial charge on any atom is -0.388 e. The second kappa shape index (κ2) is 4.39. The number of amides is 1. The van der Waals surface area contributed by atoms with Crippen LogP contribution in [0.3, 0.4) is 0 Å². The molecule has 1 aromatic rings. The van der Waals surface area contributed by atoms with Gasteiger partial charge >= 0.3 is 6.09 Å². The van der Waals surface area contributed by atoms with Gasteiger partial charge in [-0.25, -0.2) is 14.2 Å². The van der Waals surface area contributed by atoms with Crippen LogP contribution in [0.15, 0.2) is 18.3 Å². The van der Waals surface area contributed by atoms with E-state index in [9.17, 15) is 9.18 Å². The van der Waals surface area contributed by atoms with Crippen molar-refractivity contribution in [2.45, 2.75) is 6.92 Å². The summed E-state index contributed by atoms with van der Waals surface area (Å²) in [5, 5.41) is 2.35. The van der Waals surface area contributed by atoms with Crippen LogP contribution in [-0.4, -0.2) is 17.6 Å². The molecule has 1 rings (SSSR count). The molecule has 70 valence electrons. The summed E-state index contributed by atoms with van der Waals surface area (Å²) in [6, 6.07) is 2.58. The van der Waals surface area contributed by atoms with Crippen LogP contribution in [0.1, 0.15) is 6.92 Å². The van der Waals surface area contributed by atoms with Gasteiger partial charge in [0.1, 0.15) is 0 Å². The zero-order chi connectivity index (χ0) is 9.68. The van der Waals surface area contributed by atoms with Crippen molar-refractivity contribution in [2.24, 2.45) is 0 Å². The predicted octanol–water partition coefficient (Wildman–Crippen LogP) is 1.33. The summed E-state index contributed by atoms with van der Waals surface area (Å²) in [6.45, 7) is 2.16. The second-order valence-electron chi connectivity index (χ2n) is 2.21. The van der Waals surface area contributed by atoms with Gasteiger partial charge in [0.15, 0.2) is 5.82 Å². The molecule has 1 amide bonds. The van der Waals surface area contributed by atoms with Gasteiger partial charge in [0.25, 0.3) is 5.88 Å². The third kappa shape index (κ3) is 2.70. The van der Waals surface area contributed by atoms with Gasteiger partial charge < -0.3 is 10.1 Å². The maximum atomic E-state index is 12.8. The lowest BCUT2D eigenvalue weighted by Crippen LogP contribution is -2.26. The van der Waals surface area contributed by atoms with Gasteiger partial charge in [-0.05, 0) is 19.1 Å². The smallest absolute Gasteiger partial charge is 0.388 e. The molecule has 0 aliphatic rings. The van der Waals surface area contributed by atoms with Crippen LogP contribution in [0.4, 0.5) is 9.18 Å². The molecule has 0 aromatic carbocycles. The van der Waals surface area contributed by atoms with Crippen LogP contribution < -0.4 is 10.1 Å². The number of nitrogens with one attached hydrogen (secondary N) is 1. The van der Waals surface area contributed by atoms with Gasteiger partial charge in [-0.15, -0.1) is 0 Å². The lowest BCUT2D eigenvalue weighted by atomic mass is 10.5. The average molecular weight is 184 g/mol. The van der Waals surface area contributed by atoms with E-state index in [1.54, 1.807) is 6.92 Å². The molecule has 1 heterocycles. The van der Waals surface area contributed by atoms with Crippen LogP contribution in [0.25, 0.3) is 0 Å². The molecule has 5 heteroatoms. The molecule has 4 nitrogen and oxygen atoms in total. The summed E-state index contributed by atoms with van der Waals surface area (Å²) in [4.78, 5) is 14.4. The van der Waals surface area contributed by atoms with Crippen molar-refractivity contribution in [3.8, 4) is 5.88 Å². The monoisotopic (exact) mass is 184 g/mol. The van der Waals surface area contributed by atoms with E-state index >= 15 is 0 Å². The zero-order valence-electron chi connectivity index (χ0n) is 7.08. The first-order chi connectivity index (χ1) is 6.24. The number of pyridine rings is 1. The van der Waals surface area contributed by atoms with E-state index in [2.05, 4.69) is 15.0 Å². The first-order valence-electron chi connectivity index (χ1n) is 3.80. The van der Waals surface area contributed by atoms with Crippen molar-refractivity contribution < 1.29 is 13.9 Å². The van der Waals surface area contributed by atoms with E-state index in [1.807, 2.05) is 0 Å². The standard InChI is InChI=1S/C8H9FN2O2/c1-2-10-8(12)13-7-6(9)4-3-5-11-7/h3-5H,2H2,1H3,(H,10,12). The zero-order valence-corrected chi connectivity index (χ0v) is 7.08. The number of hydrogen-bond acceptors (Lipinski definition) is 3. The number of aromatic nitrogens is 1. The fourth-order valence-corrected chi connectivity index (χ4v) is 0.715. The molecule has 0 aliphatic heterocycles. The van der Waals surface area contributed by atoms with Gasteiger partial charge in [-0.3, -0.25) is 0 Å². The molecular weight excluding hydrogens is 175 g/mol. The fourth-order valence-electron chi connectivity index (χ4n) is 0.715. The Hall–Kier alpha value is -1.65. The number of halogens is 1. The third-order valence-electron chi connectivity index (χ3n) is 1.24. The molecule has 0 unspecified atom stereocenters. The maximum Gasteiger partial charge on any atom is 0.414 e. The summed E-state index contributed by atoms with van der Waals surface area (Å²) in [5.74, 6) is -0.970. The maximum absolute atomic E-state index is 12.8. The van der Waals surface area contributed by atoms with E-state index < -0.39 is 11.9 Å².